The van der Waals surface area contributed by atoms with Crippen LogP contribution in [0.3, 0.4) is 0 Å². The first-order valence-corrected chi connectivity index (χ1v) is 9.09. The molecule has 3 atom stereocenters. The molecular weight excluding hydrogens is 286 g/mol. The number of anilines is 1. The molecule has 2 rings (SSSR count). The zero-order valence-electron chi connectivity index (χ0n) is 13.0. The van der Waals surface area contributed by atoms with Crippen molar-refractivity contribution >= 4 is 16.6 Å². The Bertz CT molecular complexity index is 482. The summed E-state index contributed by atoms with van der Waals surface area (Å²) in [5.41, 5.74) is 0. The Kier molecular flexibility index (Phi) is 5.96. The van der Waals surface area contributed by atoms with Gasteiger partial charge in [-0.3, -0.25) is 9.19 Å². The normalized spacial score (nSPS) is 23.8. The van der Waals surface area contributed by atoms with E-state index in [1.54, 1.807) is 12.4 Å². The molecule has 1 aliphatic rings. The molecule has 0 radical (unpaired) electrons. The second-order valence-corrected chi connectivity index (χ2v) is 7.71. The smallest absolute Gasteiger partial charge is 0.234 e. The predicted octanol–water partition coefficient (Wildman–Crippen LogP) is 2.76. The van der Waals surface area contributed by atoms with Gasteiger partial charge in [-0.25, -0.2) is 0 Å². The van der Waals surface area contributed by atoms with Crippen molar-refractivity contribution in [3.05, 3.63) is 12.4 Å². The van der Waals surface area contributed by atoms with Crippen molar-refractivity contribution in [1.82, 2.24) is 9.97 Å². The maximum atomic E-state index is 12.0. The molecule has 0 bridgehead atoms. The minimum atomic E-state index is -0.705. The van der Waals surface area contributed by atoms with E-state index in [0.717, 1.165) is 37.3 Å². The minimum absolute atomic E-state index is 0.0839. The van der Waals surface area contributed by atoms with Crippen LogP contribution in [0.1, 0.15) is 46.5 Å². The molecule has 1 aromatic heterocycles. The van der Waals surface area contributed by atoms with E-state index in [4.69, 9.17) is 4.74 Å². The van der Waals surface area contributed by atoms with Gasteiger partial charge in [-0.2, -0.15) is 4.98 Å². The van der Waals surface area contributed by atoms with Gasteiger partial charge in [0.25, 0.3) is 0 Å². The monoisotopic (exact) mass is 311 g/mol. The molecule has 1 N–H and O–H groups in total. The van der Waals surface area contributed by atoms with Crippen molar-refractivity contribution in [2.75, 3.05) is 11.1 Å². The lowest BCUT2D eigenvalue weighted by atomic mass is 9.95. The summed E-state index contributed by atoms with van der Waals surface area (Å²) in [4.78, 5) is 8.59. The first-order chi connectivity index (χ1) is 10.1. The van der Waals surface area contributed by atoms with Gasteiger partial charge in [0.1, 0.15) is 5.82 Å². The Balaban J connectivity index is 1.96. The Hall–Kier alpha value is -1.17. The Labute approximate surface area is 129 Å². The number of rotatable bonds is 6. The van der Waals surface area contributed by atoms with Gasteiger partial charge in [0.2, 0.25) is 5.88 Å². The van der Waals surface area contributed by atoms with Gasteiger partial charge in [-0.15, -0.1) is 0 Å². The zero-order chi connectivity index (χ0) is 15.2. The fraction of sp³-hybridized carbons (Fsp3) is 0.733. The topological polar surface area (TPSA) is 64.1 Å². The molecule has 21 heavy (non-hydrogen) atoms. The molecular formula is C15H25N3O2S. The van der Waals surface area contributed by atoms with Crippen LogP contribution in [0.25, 0.3) is 0 Å². The van der Waals surface area contributed by atoms with E-state index in [1.807, 2.05) is 20.8 Å². The second-order valence-electron chi connectivity index (χ2n) is 5.71. The van der Waals surface area contributed by atoms with Gasteiger partial charge in [0.05, 0.1) is 18.5 Å². The molecule has 0 amide bonds. The van der Waals surface area contributed by atoms with Crippen molar-refractivity contribution in [2.24, 2.45) is 0 Å². The highest BCUT2D eigenvalue weighted by molar-refractivity contribution is 7.85. The van der Waals surface area contributed by atoms with Gasteiger partial charge in [-0.1, -0.05) is 13.3 Å². The molecule has 0 saturated heterocycles. The zero-order valence-corrected chi connectivity index (χ0v) is 13.9. The molecule has 3 unspecified atom stereocenters. The fourth-order valence-corrected chi connectivity index (χ4v) is 4.02. The highest BCUT2D eigenvalue weighted by Crippen LogP contribution is 2.25. The molecule has 0 aromatic carbocycles. The number of aromatic nitrogens is 2. The average Bonchev–Trinajstić information content (AvgIpc) is 2.46. The van der Waals surface area contributed by atoms with E-state index in [1.165, 1.54) is 0 Å². The molecule has 1 aromatic rings. The lowest BCUT2D eigenvalue weighted by Crippen LogP contribution is -2.33. The molecule has 1 aliphatic carbocycles. The minimum Gasteiger partial charge on any atom is -0.474 e. The summed E-state index contributed by atoms with van der Waals surface area (Å²) in [6.45, 7) is 5.92. The third-order valence-electron chi connectivity index (χ3n) is 3.60. The molecule has 0 spiro atoms. The second kappa shape index (κ2) is 7.73. The van der Waals surface area contributed by atoms with E-state index < -0.39 is 10.8 Å². The molecule has 0 aliphatic heterocycles. The number of hydrogen-bond acceptors (Lipinski definition) is 5. The molecule has 6 heteroatoms. The number of nitrogens with zero attached hydrogens (tertiary/aromatic N) is 2. The van der Waals surface area contributed by atoms with Crippen molar-refractivity contribution in [1.29, 1.82) is 0 Å². The first kappa shape index (κ1) is 16.2. The summed E-state index contributed by atoms with van der Waals surface area (Å²) in [6, 6.07) is 0.322. The van der Waals surface area contributed by atoms with Crippen LogP contribution in [-0.2, 0) is 10.8 Å². The van der Waals surface area contributed by atoms with Crippen molar-refractivity contribution in [3.63, 3.8) is 0 Å². The van der Waals surface area contributed by atoms with E-state index in [2.05, 4.69) is 15.3 Å². The number of ether oxygens (including phenoxy) is 1. The summed E-state index contributed by atoms with van der Waals surface area (Å²) < 4.78 is 17.5. The maximum Gasteiger partial charge on any atom is 0.234 e. The summed E-state index contributed by atoms with van der Waals surface area (Å²) in [5, 5.41) is 3.72. The van der Waals surface area contributed by atoms with Crippen LogP contribution in [0.5, 0.6) is 5.88 Å². The highest BCUT2D eigenvalue weighted by atomic mass is 32.2. The Morgan fingerprint density at radius 1 is 1.43 bits per heavy atom. The maximum absolute atomic E-state index is 12.0. The first-order valence-electron chi connectivity index (χ1n) is 7.71. The van der Waals surface area contributed by atoms with Crippen LogP contribution < -0.4 is 10.1 Å². The van der Waals surface area contributed by atoms with Crippen LogP contribution in [0.4, 0.5) is 5.82 Å². The molecule has 1 fully saturated rings. The molecule has 1 heterocycles. The van der Waals surface area contributed by atoms with Crippen LogP contribution in [0.2, 0.25) is 0 Å². The van der Waals surface area contributed by atoms with E-state index in [9.17, 15) is 4.21 Å². The van der Waals surface area contributed by atoms with Crippen molar-refractivity contribution < 1.29 is 8.95 Å². The quantitative estimate of drug-likeness (QED) is 0.875. The number of nitrogens with one attached hydrogen (secondary N) is 1. The third-order valence-corrected chi connectivity index (χ3v) is 5.34. The predicted molar refractivity (Wildman–Crippen MR) is 86.1 cm³/mol. The van der Waals surface area contributed by atoms with Crippen LogP contribution in [-0.4, -0.2) is 37.3 Å². The van der Waals surface area contributed by atoms with E-state index in [-0.39, 0.29) is 6.10 Å². The molecule has 1 saturated carbocycles. The third kappa shape index (κ3) is 4.95. The summed E-state index contributed by atoms with van der Waals surface area (Å²) in [6.07, 6.45) is 7.64. The lowest BCUT2D eigenvalue weighted by Gasteiger charge is -2.29. The van der Waals surface area contributed by atoms with Crippen LogP contribution in [0, 0.1) is 0 Å². The van der Waals surface area contributed by atoms with Gasteiger partial charge in [0, 0.05) is 27.8 Å². The van der Waals surface area contributed by atoms with Crippen molar-refractivity contribution in [3.8, 4) is 5.88 Å². The largest absolute Gasteiger partial charge is 0.474 e. The summed E-state index contributed by atoms with van der Waals surface area (Å²) in [5.74, 6) is 2.02. The lowest BCUT2D eigenvalue weighted by molar-refractivity contribution is 0.232. The average molecular weight is 311 g/mol. The van der Waals surface area contributed by atoms with E-state index >= 15 is 0 Å². The SMILES string of the molecule is CCS(=O)C1CCCC(Nc2cncc(OC(C)C)n2)C1. The van der Waals surface area contributed by atoms with E-state index in [0.29, 0.717) is 17.2 Å². The standard InChI is InChI=1S/C15H25N3O2S/c1-4-21(19)13-7-5-6-12(8-13)17-14-9-16-10-15(18-14)20-11(2)3/h9-13H,4-8H2,1-3H3,(H,17,18). The van der Waals surface area contributed by atoms with Crippen LogP contribution >= 0.6 is 0 Å². The number of hydrogen-bond donors (Lipinski definition) is 1. The highest BCUT2D eigenvalue weighted by Gasteiger charge is 2.25. The molecule has 5 nitrogen and oxygen atoms in total. The van der Waals surface area contributed by atoms with Gasteiger partial charge in [0.15, 0.2) is 0 Å². The van der Waals surface area contributed by atoms with Crippen LogP contribution in [0.15, 0.2) is 12.4 Å². The molecule has 118 valence electrons. The summed E-state index contributed by atoms with van der Waals surface area (Å²) in [7, 11) is -0.705. The Morgan fingerprint density at radius 2 is 2.24 bits per heavy atom. The van der Waals surface area contributed by atoms with Gasteiger partial charge >= 0.3 is 0 Å². The van der Waals surface area contributed by atoms with Gasteiger partial charge < -0.3 is 10.1 Å². The fourth-order valence-electron chi connectivity index (χ4n) is 2.68. The van der Waals surface area contributed by atoms with Gasteiger partial charge in [-0.05, 0) is 33.1 Å². The Morgan fingerprint density at radius 3 is 2.95 bits per heavy atom. The summed E-state index contributed by atoms with van der Waals surface area (Å²) >= 11 is 0. The van der Waals surface area contributed by atoms with Crippen molar-refractivity contribution in [2.45, 2.75) is 63.9 Å².